The molecule has 1 heterocycles. The van der Waals surface area contributed by atoms with E-state index in [4.69, 9.17) is 0 Å². The maximum atomic E-state index is 9.48. The molecule has 1 aromatic heterocycles. The van der Waals surface area contributed by atoms with Crippen molar-refractivity contribution in [1.29, 1.82) is 5.26 Å². The van der Waals surface area contributed by atoms with Gasteiger partial charge in [0.25, 0.3) is 0 Å². The van der Waals surface area contributed by atoms with Gasteiger partial charge in [-0.1, -0.05) is 103 Å². The molecule has 0 bridgehead atoms. The Bertz CT molecular complexity index is 1930. The van der Waals surface area contributed by atoms with Crippen molar-refractivity contribution in [1.82, 2.24) is 4.98 Å². The summed E-state index contributed by atoms with van der Waals surface area (Å²) in [5, 5.41) is 9.48. The minimum atomic E-state index is -0.427. The van der Waals surface area contributed by atoms with Gasteiger partial charge in [-0.2, -0.15) is 5.26 Å². The SMILES string of the molecule is N#Cc1cc(-c2ccc3c(c2)C2(c4ccccc4-c4ccccc42)c2cc(-c4ccccc4)ccc2-3)ccn1. The van der Waals surface area contributed by atoms with Crippen LogP contribution in [0.5, 0.6) is 0 Å². The minimum Gasteiger partial charge on any atom is -0.246 e. The first-order valence-electron chi connectivity index (χ1n) is 13.2. The fraction of sp³-hybridized carbons (Fsp3) is 0.0270. The molecule has 180 valence electrons. The molecule has 0 aliphatic heterocycles. The lowest BCUT2D eigenvalue weighted by atomic mass is 9.70. The average molecular weight is 495 g/mol. The lowest BCUT2D eigenvalue weighted by Crippen LogP contribution is -2.26. The topological polar surface area (TPSA) is 36.7 Å². The van der Waals surface area contributed by atoms with Crippen LogP contribution in [-0.2, 0) is 5.41 Å². The highest BCUT2D eigenvalue weighted by Gasteiger charge is 2.51. The van der Waals surface area contributed by atoms with Crippen molar-refractivity contribution >= 4 is 0 Å². The van der Waals surface area contributed by atoms with Crippen LogP contribution in [0.15, 0.2) is 134 Å². The molecule has 0 unspecified atom stereocenters. The van der Waals surface area contributed by atoms with Crippen LogP contribution in [0.1, 0.15) is 27.9 Å². The van der Waals surface area contributed by atoms with Gasteiger partial charge in [-0.25, -0.2) is 4.98 Å². The predicted octanol–water partition coefficient (Wildman–Crippen LogP) is 8.63. The number of hydrogen-bond acceptors (Lipinski definition) is 2. The fourth-order valence-electron chi connectivity index (χ4n) is 6.80. The van der Waals surface area contributed by atoms with E-state index >= 15 is 0 Å². The van der Waals surface area contributed by atoms with E-state index in [2.05, 4.69) is 126 Å². The number of nitriles is 1. The Kier molecular flexibility index (Phi) is 4.54. The molecule has 0 saturated carbocycles. The Labute approximate surface area is 227 Å². The fourth-order valence-corrected chi connectivity index (χ4v) is 6.80. The van der Waals surface area contributed by atoms with E-state index in [-0.39, 0.29) is 0 Å². The largest absolute Gasteiger partial charge is 0.246 e. The molecule has 6 aromatic rings. The molecule has 0 atom stereocenters. The predicted molar refractivity (Wildman–Crippen MR) is 156 cm³/mol. The van der Waals surface area contributed by atoms with E-state index in [9.17, 15) is 5.26 Å². The number of fused-ring (bicyclic) bond motifs is 10. The first-order chi connectivity index (χ1) is 19.3. The van der Waals surface area contributed by atoms with Crippen LogP contribution in [0.25, 0.3) is 44.5 Å². The quantitative estimate of drug-likeness (QED) is 0.241. The van der Waals surface area contributed by atoms with Gasteiger partial charge < -0.3 is 0 Å². The second-order valence-corrected chi connectivity index (χ2v) is 10.3. The molecule has 0 saturated heterocycles. The van der Waals surface area contributed by atoms with E-state index in [0.29, 0.717) is 5.69 Å². The standard InChI is InChI=1S/C37H22N2/c38-23-28-20-27(18-19-39-28)26-15-17-32-31-16-14-25(24-8-2-1-3-9-24)21-35(31)37(36(32)22-26)33-12-6-4-10-29(33)30-11-5-7-13-34(30)37/h1-22H. The van der Waals surface area contributed by atoms with Crippen LogP contribution >= 0.6 is 0 Å². The maximum Gasteiger partial charge on any atom is 0.141 e. The molecule has 0 N–H and O–H groups in total. The van der Waals surface area contributed by atoms with Crippen molar-refractivity contribution in [3.05, 3.63) is 162 Å². The van der Waals surface area contributed by atoms with Crippen LogP contribution in [0.4, 0.5) is 0 Å². The van der Waals surface area contributed by atoms with Crippen molar-refractivity contribution in [2.75, 3.05) is 0 Å². The monoisotopic (exact) mass is 494 g/mol. The van der Waals surface area contributed by atoms with E-state index in [1.807, 2.05) is 12.1 Å². The van der Waals surface area contributed by atoms with Crippen molar-refractivity contribution in [3.63, 3.8) is 0 Å². The summed E-state index contributed by atoms with van der Waals surface area (Å²) < 4.78 is 0. The second-order valence-electron chi connectivity index (χ2n) is 10.3. The highest BCUT2D eigenvalue weighted by atomic mass is 14.7. The third-order valence-corrected chi connectivity index (χ3v) is 8.40. The van der Waals surface area contributed by atoms with Gasteiger partial charge in [-0.3, -0.25) is 0 Å². The molecule has 2 heteroatoms. The molecule has 5 aromatic carbocycles. The smallest absolute Gasteiger partial charge is 0.141 e. The van der Waals surface area contributed by atoms with E-state index < -0.39 is 5.41 Å². The maximum absolute atomic E-state index is 9.48. The van der Waals surface area contributed by atoms with Crippen LogP contribution in [0.3, 0.4) is 0 Å². The number of hydrogen-bond donors (Lipinski definition) is 0. The molecule has 0 amide bonds. The highest BCUT2D eigenvalue weighted by Crippen LogP contribution is 2.63. The Morgan fingerprint density at radius 3 is 1.59 bits per heavy atom. The van der Waals surface area contributed by atoms with Gasteiger partial charge in [-0.15, -0.1) is 0 Å². The summed E-state index contributed by atoms with van der Waals surface area (Å²) in [6.45, 7) is 0. The van der Waals surface area contributed by atoms with Gasteiger partial charge in [0, 0.05) is 6.20 Å². The molecular formula is C37H22N2. The Hall–Kier alpha value is -5.26. The molecule has 1 spiro atoms. The van der Waals surface area contributed by atoms with Crippen LogP contribution in [0, 0.1) is 11.3 Å². The summed E-state index contributed by atoms with van der Waals surface area (Å²) >= 11 is 0. The van der Waals surface area contributed by atoms with Gasteiger partial charge in [0.1, 0.15) is 11.8 Å². The molecular weight excluding hydrogens is 472 g/mol. The first-order valence-corrected chi connectivity index (χ1v) is 13.2. The van der Waals surface area contributed by atoms with Gasteiger partial charge in [0.05, 0.1) is 5.41 Å². The zero-order chi connectivity index (χ0) is 26.0. The Morgan fingerprint density at radius 1 is 0.462 bits per heavy atom. The molecule has 2 aliphatic rings. The van der Waals surface area contributed by atoms with Gasteiger partial charge >= 0.3 is 0 Å². The number of pyridine rings is 1. The summed E-state index contributed by atoms with van der Waals surface area (Å²) in [5.41, 5.74) is 14.9. The van der Waals surface area contributed by atoms with Crippen molar-refractivity contribution in [2.24, 2.45) is 0 Å². The molecule has 39 heavy (non-hydrogen) atoms. The van der Waals surface area contributed by atoms with E-state index in [1.54, 1.807) is 6.20 Å². The number of aromatic nitrogens is 1. The van der Waals surface area contributed by atoms with Gasteiger partial charge in [-0.05, 0) is 91.0 Å². The summed E-state index contributed by atoms with van der Waals surface area (Å²) in [4.78, 5) is 4.20. The lowest BCUT2D eigenvalue weighted by molar-refractivity contribution is 0.794. The van der Waals surface area contributed by atoms with Crippen molar-refractivity contribution in [2.45, 2.75) is 5.41 Å². The molecule has 0 radical (unpaired) electrons. The summed E-state index contributed by atoms with van der Waals surface area (Å²) in [7, 11) is 0. The highest BCUT2D eigenvalue weighted by molar-refractivity contribution is 5.96. The van der Waals surface area contributed by atoms with Crippen LogP contribution in [-0.4, -0.2) is 4.98 Å². The number of rotatable bonds is 2. The van der Waals surface area contributed by atoms with E-state index in [0.717, 1.165) is 11.1 Å². The normalized spacial score (nSPS) is 13.3. The van der Waals surface area contributed by atoms with Crippen LogP contribution < -0.4 is 0 Å². The Morgan fingerprint density at radius 2 is 0.974 bits per heavy atom. The third kappa shape index (κ3) is 2.93. The zero-order valence-corrected chi connectivity index (χ0v) is 21.1. The van der Waals surface area contributed by atoms with Crippen molar-refractivity contribution < 1.29 is 0 Å². The average Bonchev–Trinajstić information content (AvgIpc) is 3.48. The number of benzene rings is 5. The molecule has 2 aliphatic carbocycles. The zero-order valence-electron chi connectivity index (χ0n) is 21.1. The molecule has 8 rings (SSSR count). The van der Waals surface area contributed by atoms with E-state index in [1.165, 1.54) is 55.6 Å². The van der Waals surface area contributed by atoms with Gasteiger partial charge in [0.2, 0.25) is 0 Å². The lowest BCUT2D eigenvalue weighted by Gasteiger charge is -2.31. The van der Waals surface area contributed by atoms with Crippen LogP contribution in [0.2, 0.25) is 0 Å². The second kappa shape index (κ2) is 8.12. The number of nitrogens with zero attached hydrogens (tertiary/aromatic N) is 2. The minimum absolute atomic E-state index is 0.426. The third-order valence-electron chi connectivity index (χ3n) is 8.40. The Balaban J connectivity index is 1.48. The summed E-state index contributed by atoms with van der Waals surface area (Å²) in [5.74, 6) is 0. The van der Waals surface area contributed by atoms with Crippen molar-refractivity contribution in [3.8, 4) is 50.6 Å². The molecule has 2 nitrogen and oxygen atoms in total. The van der Waals surface area contributed by atoms with Gasteiger partial charge in [0.15, 0.2) is 0 Å². The summed E-state index contributed by atoms with van der Waals surface area (Å²) in [6, 6.07) is 48.1. The first kappa shape index (κ1) is 21.8. The summed E-state index contributed by atoms with van der Waals surface area (Å²) in [6.07, 6.45) is 1.72. The molecule has 0 fully saturated rings.